The lowest BCUT2D eigenvalue weighted by atomic mass is 9.98. The zero-order valence-corrected chi connectivity index (χ0v) is 22.0. The second-order valence-electron chi connectivity index (χ2n) is 9.51. The van der Waals surface area contributed by atoms with Crippen LogP contribution in [0.4, 0.5) is 0 Å². The van der Waals surface area contributed by atoms with Gasteiger partial charge in [-0.25, -0.2) is 4.89 Å². The van der Waals surface area contributed by atoms with Gasteiger partial charge in [-0.15, -0.1) is 0 Å². The summed E-state index contributed by atoms with van der Waals surface area (Å²) in [5, 5.41) is 29.1. The number of unbranched alkanes of at least 4 members (excludes halogenated alkanes) is 15. The van der Waals surface area contributed by atoms with E-state index in [1.807, 2.05) is 0 Å². The zero-order valence-electron chi connectivity index (χ0n) is 22.0. The van der Waals surface area contributed by atoms with E-state index in [1.54, 1.807) is 0 Å². The third-order valence-electron chi connectivity index (χ3n) is 6.36. The van der Waals surface area contributed by atoms with Crippen molar-refractivity contribution in [2.75, 3.05) is 0 Å². The molecule has 0 bridgehead atoms. The van der Waals surface area contributed by atoms with Crippen LogP contribution in [-0.2, 0) is 45.0 Å². The summed E-state index contributed by atoms with van der Waals surface area (Å²) in [6.45, 7) is 6.02. The minimum Gasteiger partial charge on any atom is -0.311 e. The molecule has 0 saturated heterocycles. The molecule has 0 heterocycles. The van der Waals surface area contributed by atoms with Crippen LogP contribution in [0.15, 0.2) is 12.3 Å². The molecule has 9 nitrogen and oxygen atoms in total. The topological polar surface area (TPSA) is 83.1 Å². The highest BCUT2D eigenvalue weighted by molar-refractivity contribution is 4.79. The minimum absolute atomic E-state index is 0.0124. The van der Waals surface area contributed by atoms with Gasteiger partial charge in [0.25, 0.3) is 0 Å². The van der Waals surface area contributed by atoms with Crippen molar-refractivity contribution in [1.29, 1.82) is 0 Å². The first kappa shape index (κ1) is 32.2. The Kier molecular flexibility index (Phi) is 24.2. The van der Waals surface area contributed by atoms with Crippen molar-refractivity contribution in [2.45, 2.75) is 154 Å². The van der Waals surface area contributed by atoms with Crippen molar-refractivity contribution in [3.63, 3.8) is 0 Å². The molecule has 35 heavy (non-hydrogen) atoms. The number of hydrogen-bond donors (Lipinski definition) is 0. The largest absolute Gasteiger partial charge is 0.311 e. The fourth-order valence-electron chi connectivity index (χ4n) is 4.26. The van der Waals surface area contributed by atoms with E-state index in [0.717, 1.165) is 38.5 Å². The van der Waals surface area contributed by atoms with E-state index in [9.17, 15) is 0 Å². The van der Waals surface area contributed by atoms with Crippen molar-refractivity contribution >= 4 is 0 Å². The molecule has 0 aliphatic heterocycles. The van der Waals surface area contributed by atoms with Crippen molar-refractivity contribution in [3.05, 3.63) is 12.3 Å². The molecule has 1 aliphatic carbocycles. The Hall–Kier alpha value is -0.780. The third kappa shape index (κ3) is 23.4. The number of hydrogen-bond acceptors (Lipinski definition) is 9. The summed E-state index contributed by atoms with van der Waals surface area (Å²) in [4.78, 5) is 9.76. The zero-order chi connectivity index (χ0) is 25.1. The van der Waals surface area contributed by atoms with Crippen molar-refractivity contribution < 1.29 is 45.0 Å². The van der Waals surface area contributed by atoms with Crippen LogP contribution in [0.25, 0.3) is 0 Å². The molecule has 0 atom stereocenters. The van der Waals surface area contributed by atoms with Gasteiger partial charge >= 0.3 is 0 Å². The molecular weight excluding hydrogens is 456 g/mol. The van der Waals surface area contributed by atoms with Crippen LogP contribution in [0, 0.1) is 0 Å². The Morgan fingerprint density at radius 1 is 0.543 bits per heavy atom. The lowest BCUT2D eigenvalue weighted by Gasteiger charge is -2.18. The predicted octanol–water partition coefficient (Wildman–Crippen LogP) is 8.95. The van der Waals surface area contributed by atoms with Crippen LogP contribution in [0.3, 0.4) is 0 Å². The SMILES string of the molecule is C=C(CCCCCCCCCCCCCCCCCC)OOOOOOOOOC1CCCCC1. The predicted molar refractivity (Wildman–Crippen MR) is 130 cm³/mol. The van der Waals surface area contributed by atoms with Gasteiger partial charge in [-0.3, -0.25) is 0 Å². The molecule has 0 aromatic rings. The Morgan fingerprint density at radius 3 is 1.49 bits per heavy atom. The summed E-state index contributed by atoms with van der Waals surface area (Å²) in [7, 11) is 0. The molecule has 0 aromatic heterocycles. The van der Waals surface area contributed by atoms with Gasteiger partial charge in [0.05, 0.1) is 6.10 Å². The van der Waals surface area contributed by atoms with E-state index in [1.165, 1.54) is 96.3 Å². The van der Waals surface area contributed by atoms with E-state index in [-0.39, 0.29) is 6.10 Å². The minimum atomic E-state index is -0.0124. The monoisotopic (exact) mass is 506 g/mol. The van der Waals surface area contributed by atoms with E-state index >= 15 is 0 Å². The Labute approximate surface area is 212 Å². The normalized spacial score (nSPS) is 14.4. The van der Waals surface area contributed by atoms with Crippen LogP contribution in [-0.4, -0.2) is 6.10 Å². The summed E-state index contributed by atoms with van der Waals surface area (Å²) in [6.07, 6.45) is 27.2. The maximum absolute atomic E-state index is 4.96. The fraction of sp³-hybridized carbons (Fsp3) is 0.923. The van der Waals surface area contributed by atoms with Gasteiger partial charge < -0.3 is 4.89 Å². The molecule has 1 aliphatic rings. The maximum Gasteiger partial charge on any atom is 0.138 e. The van der Waals surface area contributed by atoms with Gasteiger partial charge in [0.2, 0.25) is 0 Å². The van der Waals surface area contributed by atoms with Crippen molar-refractivity contribution in [2.24, 2.45) is 0 Å². The average Bonchev–Trinajstić information content (AvgIpc) is 2.88. The second kappa shape index (κ2) is 26.3. The highest BCUT2D eigenvalue weighted by Gasteiger charge is 2.15. The highest BCUT2D eigenvalue weighted by Crippen LogP contribution is 2.20. The molecule has 0 radical (unpaired) electrons. The molecule has 0 unspecified atom stereocenters. The quantitative estimate of drug-likeness (QED) is 0.0469. The smallest absolute Gasteiger partial charge is 0.138 e. The van der Waals surface area contributed by atoms with Gasteiger partial charge in [-0.1, -0.05) is 129 Å². The second-order valence-corrected chi connectivity index (χ2v) is 9.51. The molecule has 0 amide bonds. The fourth-order valence-corrected chi connectivity index (χ4v) is 4.26. The van der Waals surface area contributed by atoms with E-state index in [0.29, 0.717) is 12.2 Å². The number of allylic oxidation sites excluding steroid dienone is 1. The Balaban J connectivity index is 1.69. The Morgan fingerprint density at radius 2 is 0.971 bits per heavy atom. The van der Waals surface area contributed by atoms with Crippen molar-refractivity contribution in [1.82, 2.24) is 0 Å². The summed E-state index contributed by atoms with van der Waals surface area (Å²) >= 11 is 0. The van der Waals surface area contributed by atoms with Crippen LogP contribution < -0.4 is 0 Å². The van der Waals surface area contributed by atoms with E-state index in [4.69, 9.17) is 9.78 Å². The van der Waals surface area contributed by atoms with Crippen molar-refractivity contribution in [3.8, 4) is 0 Å². The molecule has 1 saturated carbocycles. The van der Waals surface area contributed by atoms with Gasteiger partial charge in [0.1, 0.15) is 5.76 Å². The first-order chi connectivity index (χ1) is 17.3. The lowest BCUT2D eigenvalue weighted by Crippen LogP contribution is -2.17. The average molecular weight is 507 g/mol. The molecule has 0 aromatic carbocycles. The molecule has 1 rings (SSSR count). The van der Waals surface area contributed by atoms with Gasteiger partial charge in [0.15, 0.2) is 0 Å². The van der Waals surface area contributed by atoms with Gasteiger partial charge in [-0.2, -0.15) is 0 Å². The summed E-state index contributed by atoms with van der Waals surface area (Å²) in [5.41, 5.74) is 0. The molecular formula is C26H50O9. The molecule has 208 valence electrons. The summed E-state index contributed by atoms with van der Waals surface area (Å²) in [5.74, 6) is 0.431. The van der Waals surface area contributed by atoms with Gasteiger partial charge in [-0.05, 0) is 34.4 Å². The highest BCUT2D eigenvalue weighted by atomic mass is 17.9. The lowest BCUT2D eigenvalue weighted by molar-refractivity contribution is -0.831. The van der Waals surface area contributed by atoms with Crippen LogP contribution in [0.2, 0.25) is 0 Å². The molecule has 9 heteroatoms. The first-order valence-corrected chi connectivity index (χ1v) is 14.0. The van der Waals surface area contributed by atoms with Crippen LogP contribution >= 0.6 is 0 Å². The standard InChI is InChI=1S/C26H50O9/c1-3-4-5-6-7-8-9-10-11-12-13-14-15-16-17-19-22-25(2)27-29-31-33-35-34-32-30-28-26-23-20-18-21-24-26/h26H,2-24H2,1H3. The van der Waals surface area contributed by atoms with Crippen LogP contribution in [0.1, 0.15) is 148 Å². The van der Waals surface area contributed by atoms with E-state index in [2.05, 4.69) is 48.8 Å². The van der Waals surface area contributed by atoms with E-state index < -0.39 is 0 Å². The first-order valence-electron chi connectivity index (χ1n) is 14.0. The number of rotatable bonds is 27. The third-order valence-corrected chi connectivity index (χ3v) is 6.36. The summed E-state index contributed by atoms with van der Waals surface area (Å²) < 4.78 is 0. The molecule has 0 spiro atoms. The molecule has 0 N–H and O–H groups in total. The summed E-state index contributed by atoms with van der Waals surface area (Å²) in [6, 6.07) is 0. The van der Waals surface area contributed by atoms with Gasteiger partial charge in [0, 0.05) is 26.6 Å². The van der Waals surface area contributed by atoms with Crippen LogP contribution in [0.5, 0.6) is 0 Å². The maximum atomic E-state index is 4.96. The Bertz CT molecular complexity index is 445. The molecule has 1 fully saturated rings.